The third-order valence-corrected chi connectivity index (χ3v) is 7.24. The minimum atomic E-state index is -1.000. The molecule has 0 unspecified atom stereocenters. The molecule has 0 spiro atoms. The van der Waals surface area contributed by atoms with Gasteiger partial charge in [0.1, 0.15) is 29.2 Å². The Balaban J connectivity index is 1.79. The van der Waals surface area contributed by atoms with Gasteiger partial charge in [-0.2, -0.15) is 4.59 Å². The second-order valence-corrected chi connectivity index (χ2v) is 9.14. The summed E-state index contributed by atoms with van der Waals surface area (Å²) < 4.78 is 21.8. The van der Waals surface area contributed by atoms with Crippen LogP contribution < -0.4 is 29.0 Å². The van der Waals surface area contributed by atoms with E-state index in [9.17, 15) is 4.79 Å². The molecule has 5 rings (SSSR count). The van der Waals surface area contributed by atoms with Crippen molar-refractivity contribution < 1.29 is 23.7 Å². The molecule has 39 heavy (non-hydrogen) atoms. The molecule has 1 aliphatic rings. The Bertz CT molecular complexity index is 1370. The second-order valence-electron chi connectivity index (χ2n) is 9.14. The Morgan fingerprint density at radius 2 is 0.897 bits per heavy atom. The highest BCUT2D eigenvalue weighted by Crippen LogP contribution is 2.49. The highest BCUT2D eigenvalue weighted by molar-refractivity contribution is 5.84. The second kappa shape index (κ2) is 10.6. The van der Waals surface area contributed by atoms with Crippen LogP contribution >= 0.6 is 0 Å². The molecule has 0 radical (unpaired) electrons. The molecule has 0 fully saturated rings. The lowest BCUT2D eigenvalue weighted by molar-refractivity contribution is -0.105. The first-order valence-corrected chi connectivity index (χ1v) is 12.5. The number of quaternary nitrogens is 1. The van der Waals surface area contributed by atoms with E-state index < -0.39 is 5.54 Å². The van der Waals surface area contributed by atoms with Gasteiger partial charge in [-0.1, -0.05) is 24.3 Å². The van der Waals surface area contributed by atoms with Gasteiger partial charge in [0.05, 0.1) is 34.0 Å². The average molecular weight is 524 g/mol. The summed E-state index contributed by atoms with van der Waals surface area (Å²) in [6, 6.07) is 31.2. The first-order chi connectivity index (χ1) is 19.0. The number of carbonyl (C=O) groups is 1. The van der Waals surface area contributed by atoms with Crippen molar-refractivity contribution in [3.63, 3.8) is 0 Å². The lowest BCUT2D eigenvalue weighted by Crippen LogP contribution is -2.56. The molecule has 198 valence electrons. The van der Waals surface area contributed by atoms with Crippen LogP contribution in [-0.4, -0.2) is 34.7 Å². The third kappa shape index (κ3) is 4.41. The van der Waals surface area contributed by atoms with E-state index in [2.05, 4.69) is 5.43 Å². The van der Waals surface area contributed by atoms with Gasteiger partial charge in [-0.25, -0.2) is 0 Å². The summed E-state index contributed by atoms with van der Waals surface area (Å²) >= 11 is 0. The van der Waals surface area contributed by atoms with Gasteiger partial charge in [0, 0.05) is 24.3 Å². The minimum absolute atomic E-state index is 0.0696. The number of methoxy groups -OCH3 is 4. The standard InChI is InChI=1S/C32H31N2O5/c1-36-28-13-5-23(6-14-28)32(24-7-15-29(37-2)16-8-24)25(22-35)21-34(33-32,26-9-17-30(38-3)18-10-26)27-11-19-31(39-4)20-12-27/h5-22,33H,1-4H3/q+1. The van der Waals surface area contributed by atoms with Crippen molar-refractivity contribution in [1.29, 1.82) is 0 Å². The fraction of sp³-hybridized carbons (Fsp3) is 0.156. The SMILES string of the molecule is COc1ccc(C2(c3ccc(OC)cc3)N[N+](c3ccc(OC)cc3)(c3ccc(OC)cc3)C=C2C=O)cc1. The maximum Gasteiger partial charge on any atom is 0.162 e. The molecule has 7 nitrogen and oxygen atoms in total. The lowest BCUT2D eigenvalue weighted by atomic mass is 9.78. The van der Waals surface area contributed by atoms with Crippen LogP contribution in [0.1, 0.15) is 11.1 Å². The van der Waals surface area contributed by atoms with Crippen molar-refractivity contribution in [2.24, 2.45) is 0 Å². The topological polar surface area (TPSA) is 66.0 Å². The molecule has 0 aliphatic carbocycles. The molecule has 1 heterocycles. The molecule has 0 aromatic heterocycles. The van der Waals surface area contributed by atoms with Crippen molar-refractivity contribution in [3.8, 4) is 23.0 Å². The van der Waals surface area contributed by atoms with Crippen LogP contribution in [0.5, 0.6) is 23.0 Å². The summed E-state index contributed by atoms with van der Waals surface area (Å²) in [7, 11) is 6.54. The summed E-state index contributed by atoms with van der Waals surface area (Å²) in [5.41, 5.74) is 7.00. The Hall–Kier alpha value is -4.59. The van der Waals surface area contributed by atoms with E-state index in [1.807, 2.05) is 103 Å². The van der Waals surface area contributed by atoms with Crippen LogP contribution in [0.25, 0.3) is 0 Å². The van der Waals surface area contributed by atoms with Gasteiger partial charge >= 0.3 is 0 Å². The molecule has 0 amide bonds. The van der Waals surface area contributed by atoms with Gasteiger partial charge < -0.3 is 18.9 Å². The predicted molar refractivity (Wildman–Crippen MR) is 151 cm³/mol. The van der Waals surface area contributed by atoms with E-state index in [-0.39, 0.29) is 4.59 Å². The molecule has 1 N–H and O–H groups in total. The Labute approximate surface area is 228 Å². The number of benzene rings is 4. The number of aldehydes is 1. The van der Waals surface area contributed by atoms with Crippen LogP contribution in [0.3, 0.4) is 0 Å². The molecule has 4 aromatic rings. The van der Waals surface area contributed by atoms with E-state index >= 15 is 0 Å². The van der Waals surface area contributed by atoms with E-state index in [4.69, 9.17) is 18.9 Å². The van der Waals surface area contributed by atoms with Crippen molar-refractivity contribution >= 4 is 17.7 Å². The van der Waals surface area contributed by atoms with E-state index in [1.165, 1.54) is 0 Å². The van der Waals surface area contributed by atoms with Gasteiger partial charge in [0.2, 0.25) is 0 Å². The summed E-state index contributed by atoms with van der Waals surface area (Å²) in [6.45, 7) is 0. The molecule has 4 aromatic carbocycles. The molecule has 0 saturated heterocycles. The fourth-order valence-corrected chi connectivity index (χ4v) is 5.16. The van der Waals surface area contributed by atoms with Crippen molar-refractivity contribution in [3.05, 3.63) is 120 Å². The molecular weight excluding hydrogens is 492 g/mol. The first-order valence-electron chi connectivity index (χ1n) is 12.5. The smallest absolute Gasteiger partial charge is 0.162 e. The summed E-state index contributed by atoms with van der Waals surface area (Å²) in [5.74, 6) is 2.93. The highest BCUT2D eigenvalue weighted by atomic mass is 16.5. The zero-order chi connectivity index (χ0) is 27.5. The number of hydrogen-bond acceptors (Lipinski definition) is 6. The van der Waals surface area contributed by atoms with Gasteiger partial charge in [0.25, 0.3) is 0 Å². The van der Waals surface area contributed by atoms with Crippen LogP contribution in [0.2, 0.25) is 0 Å². The monoisotopic (exact) mass is 523 g/mol. The average Bonchev–Trinajstić information content (AvgIpc) is 3.38. The van der Waals surface area contributed by atoms with Gasteiger partial charge in [0.15, 0.2) is 23.2 Å². The normalized spacial score (nSPS) is 15.2. The zero-order valence-corrected chi connectivity index (χ0v) is 22.4. The molecule has 7 heteroatoms. The highest BCUT2D eigenvalue weighted by Gasteiger charge is 2.54. The summed E-state index contributed by atoms with van der Waals surface area (Å²) in [4.78, 5) is 13.0. The van der Waals surface area contributed by atoms with E-state index in [0.29, 0.717) is 5.57 Å². The van der Waals surface area contributed by atoms with Crippen molar-refractivity contribution in [2.45, 2.75) is 5.54 Å². The predicted octanol–water partition coefficient (Wildman–Crippen LogP) is 5.90. The number of ether oxygens (including phenoxy) is 4. The van der Waals surface area contributed by atoms with Gasteiger partial charge in [-0.05, 0) is 59.7 Å². The van der Waals surface area contributed by atoms with E-state index in [0.717, 1.165) is 51.8 Å². The number of carbonyl (C=O) groups excluding carboxylic acids is 1. The first kappa shape index (κ1) is 26.0. The summed E-state index contributed by atoms with van der Waals surface area (Å²) in [6.07, 6.45) is 2.89. The number of nitrogens with zero attached hydrogens (tertiary/aromatic N) is 1. The fourth-order valence-electron chi connectivity index (χ4n) is 5.16. The Morgan fingerprint density at radius 1 is 0.564 bits per heavy atom. The largest absolute Gasteiger partial charge is 0.497 e. The Kier molecular flexibility index (Phi) is 7.11. The van der Waals surface area contributed by atoms with Crippen molar-refractivity contribution in [2.75, 3.05) is 28.4 Å². The maximum atomic E-state index is 13.0. The molecule has 0 bridgehead atoms. The van der Waals surface area contributed by atoms with Crippen LogP contribution in [0, 0.1) is 0 Å². The lowest BCUT2D eigenvalue weighted by Gasteiger charge is -2.37. The number of nitrogens with one attached hydrogen (secondary N) is 1. The quantitative estimate of drug-likeness (QED) is 0.218. The zero-order valence-electron chi connectivity index (χ0n) is 22.4. The van der Waals surface area contributed by atoms with Crippen LogP contribution in [0.4, 0.5) is 11.4 Å². The van der Waals surface area contributed by atoms with Gasteiger partial charge in [-0.15, -0.1) is 5.43 Å². The van der Waals surface area contributed by atoms with E-state index in [1.54, 1.807) is 28.4 Å². The molecule has 0 atom stereocenters. The Morgan fingerprint density at radius 3 is 1.21 bits per heavy atom. The third-order valence-electron chi connectivity index (χ3n) is 7.24. The van der Waals surface area contributed by atoms with Crippen molar-refractivity contribution in [1.82, 2.24) is 10.0 Å². The van der Waals surface area contributed by atoms with Gasteiger partial charge in [-0.3, -0.25) is 4.79 Å². The summed E-state index contributed by atoms with van der Waals surface area (Å²) in [5, 5.41) is 0. The molecule has 0 saturated carbocycles. The van der Waals surface area contributed by atoms with Crippen LogP contribution in [0.15, 0.2) is 109 Å². The maximum absolute atomic E-state index is 13.0. The molecule has 1 aliphatic heterocycles. The van der Waals surface area contributed by atoms with Crippen LogP contribution in [-0.2, 0) is 10.3 Å². The molecular formula is C32H31N2O5+. The minimum Gasteiger partial charge on any atom is -0.497 e. The number of hydrogen-bond donors (Lipinski definition) is 1. The number of rotatable bonds is 9.